The van der Waals surface area contributed by atoms with Crippen LogP contribution in [0.25, 0.3) is 10.8 Å². The zero-order valence-corrected chi connectivity index (χ0v) is 20.5. The number of hydrogen-bond donors (Lipinski definition) is 4. The van der Waals surface area contributed by atoms with Crippen LogP contribution in [0, 0.1) is 0 Å². The van der Waals surface area contributed by atoms with Crippen molar-refractivity contribution in [1.82, 2.24) is 25.8 Å². The van der Waals surface area contributed by atoms with Gasteiger partial charge in [-0.25, -0.2) is 0 Å². The van der Waals surface area contributed by atoms with Crippen molar-refractivity contribution in [2.45, 2.75) is 71.5 Å². The first-order chi connectivity index (χ1) is 16.2. The topological polar surface area (TPSA) is 72.2 Å². The molecule has 6 nitrogen and oxygen atoms in total. The van der Waals surface area contributed by atoms with E-state index in [0.717, 1.165) is 17.2 Å². The van der Waals surface area contributed by atoms with Crippen LogP contribution in [-0.2, 0) is 0 Å². The van der Waals surface area contributed by atoms with Crippen molar-refractivity contribution in [3.63, 3.8) is 0 Å². The van der Waals surface area contributed by atoms with E-state index >= 15 is 0 Å². The number of fused-ring (bicyclic) bond motifs is 1. The standard InChI is InChI=1S/C16H28N4.C9H7NO.C2H6/c1-13-12-18-15(8-7-14-6-2-3-9-17-14)19-16(13)20-10-4-5-11-20;11-9-8-4-2-1-3-7(8)5-6-10-9;1-2/h8,12,14,16-19H,2-7,9-11H2,1H3;1-6H,(H,10,11);1-2H3/b15-8+;;/t14-,16?;;/m0../s1. The van der Waals surface area contributed by atoms with E-state index in [1.807, 2.05) is 44.2 Å². The number of likely N-dealkylation sites (tertiary alicyclic amines) is 1. The third kappa shape index (κ3) is 7.21. The molecule has 2 atom stereocenters. The second-order valence-corrected chi connectivity index (χ2v) is 8.72. The molecular formula is C27H41N5O. The van der Waals surface area contributed by atoms with Gasteiger partial charge in [0.1, 0.15) is 12.0 Å². The highest BCUT2D eigenvalue weighted by Gasteiger charge is 2.25. The molecule has 3 aliphatic heterocycles. The Labute approximate surface area is 198 Å². The molecule has 2 fully saturated rings. The van der Waals surface area contributed by atoms with Crippen LogP contribution in [0.5, 0.6) is 0 Å². The zero-order valence-electron chi connectivity index (χ0n) is 20.5. The van der Waals surface area contributed by atoms with Crippen LogP contribution < -0.4 is 21.5 Å². The molecule has 33 heavy (non-hydrogen) atoms. The van der Waals surface area contributed by atoms with Crippen LogP contribution in [0.1, 0.15) is 59.3 Å². The Kier molecular flexibility index (Phi) is 10.0. The summed E-state index contributed by atoms with van der Waals surface area (Å²) in [4.78, 5) is 16.3. The zero-order chi connectivity index (χ0) is 23.5. The van der Waals surface area contributed by atoms with Gasteiger partial charge in [0.05, 0.1) is 0 Å². The molecular weight excluding hydrogens is 410 g/mol. The molecule has 0 aliphatic carbocycles. The van der Waals surface area contributed by atoms with E-state index in [9.17, 15) is 4.79 Å². The molecule has 2 saturated heterocycles. The monoisotopic (exact) mass is 451 g/mol. The second-order valence-electron chi connectivity index (χ2n) is 8.72. The number of piperidine rings is 1. The normalized spacial score (nSPS) is 24.0. The maximum absolute atomic E-state index is 11.1. The Morgan fingerprint density at radius 2 is 1.85 bits per heavy atom. The van der Waals surface area contributed by atoms with E-state index in [1.165, 1.54) is 63.1 Å². The number of nitrogens with zero attached hydrogens (tertiary/aromatic N) is 1. The number of hydrogen-bond acceptors (Lipinski definition) is 5. The Morgan fingerprint density at radius 3 is 2.58 bits per heavy atom. The van der Waals surface area contributed by atoms with E-state index in [2.05, 4.69) is 45.0 Å². The van der Waals surface area contributed by atoms with Crippen LogP contribution in [-0.4, -0.2) is 41.7 Å². The van der Waals surface area contributed by atoms with Gasteiger partial charge in [-0.3, -0.25) is 9.69 Å². The van der Waals surface area contributed by atoms with Gasteiger partial charge < -0.3 is 20.9 Å². The molecule has 0 amide bonds. The van der Waals surface area contributed by atoms with Gasteiger partial charge in [-0.2, -0.15) is 0 Å². The van der Waals surface area contributed by atoms with Crippen LogP contribution >= 0.6 is 0 Å². The summed E-state index contributed by atoms with van der Waals surface area (Å²) in [5, 5.41) is 12.4. The van der Waals surface area contributed by atoms with Gasteiger partial charge >= 0.3 is 0 Å². The lowest BCUT2D eigenvalue weighted by Gasteiger charge is -2.34. The molecule has 0 bridgehead atoms. The number of rotatable bonds is 3. The number of benzene rings is 1. The molecule has 1 aromatic carbocycles. The lowest BCUT2D eigenvalue weighted by molar-refractivity contribution is 0.238. The third-order valence-corrected chi connectivity index (χ3v) is 6.39. The van der Waals surface area contributed by atoms with Gasteiger partial charge in [-0.05, 0) is 74.7 Å². The van der Waals surface area contributed by atoms with Crippen molar-refractivity contribution in [3.05, 3.63) is 70.6 Å². The molecule has 3 aliphatic rings. The lowest BCUT2D eigenvalue weighted by Crippen LogP contribution is -2.49. The van der Waals surface area contributed by atoms with Crippen molar-refractivity contribution in [3.8, 4) is 0 Å². The van der Waals surface area contributed by atoms with Crippen molar-refractivity contribution in [2.24, 2.45) is 0 Å². The molecule has 4 heterocycles. The SMILES string of the molecule is CC.CC1=CN/C(=C\C[C@@H]2CCCCN2)NC1N1CCCC1.O=c1[nH]ccc2ccccc12. The minimum Gasteiger partial charge on any atom is -0.353 e. The summed E-state index contributed by atoms with van der Waals surface area (Å²) in [6.07, 6.45) is 14.4. The number of aromatic amines is 1. The molecule has 1 aromatic heterocycles. The maximum atomic E-state index is 11.1. The Bertz CT molecular complexity index is 962. The highest BCUT2D eigenvalue weighted by Crippen LogP contribution is 2.19. The smallest absolute Gasteiger partial charge is 0.255 e. The summed E-state index contributed by atoms with van der Waals surface area (Å²) in [5.41, 5.74) is 1.36. The highest BCUT2D eigenvalue weighted by atomic mass is 16.1. The molecule has 1 unspecified atom stereocenters. The van der Waals surface area contributed by atoms with Crippen molar-refractivity contribution < 1.29 is 0 Å². The van der Waals surface area contributed by atoms with Gasteiger partial charge in [0.15, 0.2) is 0 Å². The largest absolute Gasteiger partial charge is 0.353 e. The summed E-state index contributed by atoms with van der Waals surface area (Å²) < 4.78 is 0. The summed E-state index contributed by atoms with van der Waals surface area (Å²) in [6, 6.07) is 10.1. The number of aromatic nitrogens is 1. The lowest BCUT2D eigenvalue weighted by atomic mass is 10.0. The van der Waals surface area contributed by atoms with Gasteiger partial charge in [0.25, 0.3) is 5.56 Å². The van der Waals surface area contributed by atoms with Crippen LogP contribution in [0.3, 0.4) is 0 Å². The predicted molar refractivity (Wildman–Crippen MR) is 139 cm³/mol. The molecule has 0 spiro atoms. The summed E-state index contributed by atoms with van der Waals surface area (Å²) in [7, 11) is 0. The number of H-pyrrole nitrogens is 1. The van der Waals surface area contributed by atoms with Crippen molar-refractivity contribution in [1.29, 1.82) is 0 Å². The molecule has 180 valence electrons. The van der Waals surface area contributed by atoms with Gasteiger partial charge in [-0.15, -0.1) is 0 Å². The first kappa shape index (κ1) is 25.1. The van der Waals surface area contributed by atoms with Crippen molar-refractivity contribution >= 4 is 10.8 Å². The minimum absolute atomic E-state index is 0.0249. The Hall–Kier alpha value is -2.57. The molecule has 6 heteroatoms. The van der Waals surface area contributed by atoms with Crippen LogP contribution in [0.2, 0.25) is 0 Å². The first-order valence-corrected chi connectivity index (χ1v) is 12.6. The first-order valence-electron chi connectivity index (χ1n) is 12.6. The van der Waals surface area contributed by atoms with Gasteiger partial charge in [0, 0.05) is 36.9 Å². The van der Waals surface area contributed by atoms with Gasteiger partial charge in [0.2, 0.25) is 0 Å². The number of pyridine rings is 1. The van der Waals surface area contributed by atoms with E-state index < -0.39 is 0 Å². The third-order valence-electron chi connectivity index (χ3n) is 6.39. The number of nitrogens with one attached hydrogen (secondary N) is 4. The Balaban J connectivity index is 0.000000199. The fourth-order valence-electron chi connectivity index (χ4n) is 4.59. The molecule has 0 radical (unpaired) electrons. The Morgan fingerprint density at radius 1 is 1.06 bits per heavy atom. The highest BCUT2D eigenvalue weighted by molar-refractivity contribution is 5.80. The van der Waals surface area contributed by atoms with E-state index in [0.29, 0.717) is 12.2 Å². The fraction of sp³-hybridized carbons (Fsp3) is 0.519. The second kappa shape index (κ2) is 13.2. The quantitative estimate of drug-likeness (QED) is 0.556. The molecule has 0 saturated carbocycles. The van der Waals surface area contributed by atoms with Crippen LogP contribution in [0.15, 0.2) is 65.0 Å². The van der Waals surface area contributed by atoms with Gasteiger partial charge in [-0.1, -0.05) is 38.5 Å². The summed E-state index contributed by atoms with van der Waals surface area (Å²) in [6.45, 7) is 9.84. The molecule has 2 aromatic rings. The van der Waals surface area contributed by atoms with E-state index in [1.54, 1.807) is 6.20 Å². The average molecular weight is 452 g/mol. The minimum atomic E-state index is -0.0249. The average Bonchev–Trinajstić information content (AvgIpc) is 3.41. The maximum Gasteiger partial charge on any atom is 0.255 e. The van der Waals surface area contributed by atoms with Crippen molar-refractivity contribution in [2.75, 3.05) is 19.6 Å². The summed E-state index contributed by atoms with van der Waals surface area (Å²) in [5.74, 6) is 1.18. The fourth-order valence-corrected chi connectivity index (χ4v) is 4.59. The summed E-state index contributed by atoms with van der Waals surface area (Å²) >= 11 is 0. The predicted octanol–water partition coefficient (Wildman–Crippen LogP) is 4.43. The van der Waals surface area contributed by atoms with E-state index in [4.69, 9.17) is 0 Å². The molecule has 5 rings (SSSR count). The van der Waals surface area contributed by atoms with Crippen LogP contribution in [0.4, 0.5) is 0 Å². The van der Waals surface area contributed by atoms with E-state index in [-0.39, 0.29) is 5.56 Å². The molecule has 4 N–H and O–H groups in total.